The first-order valence-electron chi connectivity index (χ1n) is 3.36. The lowest BCUT2D eigenvalue weighted by molar-refractivity contribution is 0.585. The molecule has 0 heterocycles. The van der Waals surface area contributed by atoms with E-state index in [2.05, 4.69) is 11.2 Å². The standard InChI is InChI=1S/C9H7F2N/c1-2-5-12-9-4-3-7(10)6-8(9)11/h1,3-4,6,12H,5H2. The summed E-state index contributed by atoms with van der Waals surface area (Å²) < 4.78 is 25.2. The smallest absolute Gasteiger partial charge is 0.149 e. The van der Waals surface area contributed by atoms with Gasteiger partial charge in [0.2, 0.25) is 0 Å². The van der Waals surface area contributed by atoms with Crippen LogP contribution in [-0.2, 0) is 0 Å². The summed E-state index contributed by atoms with van der Waals surface area (Å²) in [5, 5.41) is 2.61. The summed E-state index contributed by atoms with van der Waals surface area (Å²) in [7, 11) is 0. The third-order valence-corrected chi connectivity index (χ3v) is 1.31. The SMILES string of the molecule is C#CCNc1ccc(F)cc1F. The number of terminal acetylenes is 1. The Kier molecular flexibility index (Phi) is 2.65. The highest BCUT2D eigenvalue weighted by atomic mass is 19.1. The maximum atomic E-state index is 12.8. The highest BCUT2D eigenvalue weighted by molar-refractivity contribution is 5.45. The molecule has 0 atom stereocenters. The predicted molar refractivity (Wildman–Crippen MR) is 43.7 cm³/mol. The van der Waals surface area contributed by atoms with Gasteiger partial charge in [0.05, 0.1) is 12.2 Å². The van der Waals surface area contributed by atoms with Crippen LogP contribution in [0.5, 0.6) is 0 Å². The Balaban J connectivity index is 2.81. The first-order chi connectivity index (χ1) is 5.74. The molecule has 0 aliphatic rings. The van der Waals surface area contributed by atoms with Crippen molar-refractivity contribution in [3.63, 3.8) is 0 Å². The van der Waals surface area contributed by atoms with Gasteiger partial charge < -0.3 is 5.32 Å². The molecule has 12 heavy (non-hydrogen) atoms. The lowest BCUT2D eigenvalue weighted by Crippen LogP contribution is -2.00. The maximum absolute atomic E-state index is 12.8. The van der Waals surface area contributed by atoms with Crippen LogP contribution in [0.15, 0.2) is 18.2 Å². The van der Waals surface area contributed by atoms with Gasteiger partial charge in [0, 0.05) is 6.07 Å². The molecule has 1 nitrogen and oxygen atoms in total. The minimum atomic E-state index is -0.634. The molecule has 0 fully saturated rings. The minimum absolute atomic E-state index is 0.217. The van der Waals surface area contributed by atoms with Crippen molar-refractivity contribution in [2.45, 2.75) is 0 Å². The quantitative estimate of drug-likeness (QED) is 0.664. The summed E-state index contributed by atoms with van der Waals surface area (Å²) in [6, 6.07) is 3.28. The molecule has 0 radical (unpaired) electrons. The molecule has 0 unspecified atom stereocenters. The fourth-order valence-corrected chi connectivity index (χ4v) is 0.779. The van der Waals surface area contributed by atoms with E-state index in [0.717, 1.165) is 6.07 Å². The van der Waals surface area contributed by atoms with Crippen molar-refractivity contribution in [1.29, 1.82) is 0 Å². The van der Waals surface area contributed by atoms with Crippen LogP contribution in [-0.4, -0.2) is 6.54 Å². The van der Waals surface area contributed by atoms with Crippen LogP contribution in [0.1, 0.15) is 0 Å². The molecular formula is C9H7F2N. The fourth-order valence-electron chi connectivity index (χ4n) is 0.779. The topological polar surface area (TPSA) is 12.0 Å². The fraction of sp³-hybridized carbons (Fsp3) is 0.111. The molecule has 1 aromatic carbocycles. The molecule has 0 saturated heterocycles. The molecule has 1 aromatic rings. The lowest BCUT2D eigenvalue weighted by Gasteiger charge is -2.02. The first kappa shape index (κ1) is 8.54. The number of benzene rings is 1. The van der Waals surface area contributed by atoms with E-state index in [0.29, 0.717) is 0 Å². The van der Waals surface area contributed by atoms with Gasteiger partial charge >= 0.3 is 0 Å². The van der Waals surface area contributed by atoms with E-state index < -0.39 is 11.6 Å². The van der Waals surface area contributed by atoms with E-state index in [1.165, 1.54) is 12.1 Å². The number of halogens is 2. The van der Waals surface area contributed by atoms with E-state index in [-0.39, 0.29) is 12.2 Å². The second-order valence-electron chi connectivity index (χ2n) is 2.18. The Bertz CT molecular complexity index is 315. The Morgan fingerprint density at radius 1 is 1.42 bits per heavy atom. The van der Waals surface area contributed by atoms with Crippen LogP contribution in [0.4, 0.5) is 14.5 Å². The summed E-state index contributed by atoms with van der Waals surface area (Å²) in [6.45, 7) is 0.225. The number of rotatable bonds is 2. The van der Waals surface area contributed by atoms with Gasteiger partial charge in [-0.3, -0.25) is 0 Å². The van der Waals surface area contributed by atoms with Gasteiger partial charge in [-0.2, -0.15) is 0 Å². The second kappa shape index (κ2) is 3.72. The van der Waals surface area contributed by atoms with E-state index in [1.807, 2.05) is 0 Å². The Morgan fingerprint density at radius 2 is 2.17 bits per heavy atom. The zero-order valence-electron chi connectivity index (χ0n) is 6.27. The molecule has 1 rings (SSSR count). The summed E-state index contributed by atoms with van der Waals surface area (Å²) in [6.07, 6.45) is 4.95. The average Bonchev–Trinajstić information content (AvgIpc) is 2.03. The molecular weight excluding hydrogens is 160 g/mol. The van der Waals surface area contributed by atoms with Gasteiger partial charge in [0.1, 0.15) is 11.6 Å². The molecule has 0 aliphatic carbocycles. The first-order valence-corrected chi connectivity index (χ1v) is 3.36. The normalized spacial score (nSPS) is 9.08. The molecule has 1 N–H and O–H groups in total. The molecule has 0 bridgehead atoms. The van der Waals surface area contributed by atoms with Crippen molar-refractivity contribution in [3.05, 3.63) is 29.8 Å². The van der Waals surface area contributed by atoms with Crippen LogP contribution < -0.4 is 5.32 Å². The van der Waals surface area contributed by atoms with Crippen molar-refractivity contribution >= 4 is 5.69 Å². The van der Waals surface area contributed by atoms with Gasteiger partial charge in [0.15, 0.2) is 0 Å². The van der Waals surface area contributed by atoms with Crippen molar-refractivity contribution in [3.8, 4) is 12.3 Å². The van der Waals surface area contributed by atoms with Crippen molar-refractivity contribution in [2.24, 2.45) is 0 Å². The molecule has 62 valence electrons. The Hall–Kier alpha value is -1.56. The summed E-state index contributed by atoms with van der Waals surface area (Å²) >= 11 is 0. The van der Waals surface area contributed by atoms with Gasteiger partial charge in [-0.05, 0) is 12.1 Å². The van der Waals surface area contributed by atoms with E-state index in [1.54, 1.807) is 0 Å². The van der Waals surface area contributed by atoms with Crippen LogP contribution in [0.3, 0.4) is 0 Å². The van der Waals surface area contributed by atoms with Crippen molar-refractivity contribution in [1.82, 2.24) is 0 Å². The zero-order chi connectivity index (χ0) is 8.97. The molecule has 0 saturated carbocycles. The van der Waals surface area contributed by atoms with E-state index in [9.17, 15) is 8.78 Å². The lowest BCUT2D eigenvalue weighted by atomic mass is 10.3. The second-order valence-corrected chi connectivity index (χ2v) is 2.18. The molecule has 0 aromatic heterocycles. The highest BCUT2D eigenvalue weighted by Crippen LogP contribution is 2.13. The minimum Gasteiger partial charge on any atom is -0.372 e. The molecule has 0 aliphatic heterocycles. The Labute approximate surface area is 69.4 Å². The predicted octanol–water partition coefficient (Wildman–Crippen LogP) is 2.01. The summed E-state index contributed by atoms with van der Waals surface area (Å²) in [4.78, 5) is 0. The van der Waals surface area contributed by atoms with E-state index in [4.69, 9.17) is 6.42 Å². The average molecular weight is 167 g/mol. The van der Waals surface area contributed by atoms with Gasteiger partial charge in [0.25, 0.3) is 0 Å². The van der Waals surface area contributed by atoms with Gasteiger partial charge in [-0.15, -0.1) is 6.42 Å². The third kappa shape index (κ3) is 1.96. The largest absolute Gasteiger partial charge is 0.372 e. The number of hydrogen-bond donors (Lipinski definition) is 1. The van der Waals surface area contributed by atoms with Crippen LogP contribution in [0.2, 0.25) is 0 Å². The summed E-state index contributed by atoms with van der Waals surface area (Å²) in [5.74, 6) is 1.05. The molecule has 3 heteroatoms. The molecule has 0 spiro atoms. The summed E-state index contributed by atoms with van der Waals surface area (Å²) in [5.41, 5.74) is 0.217. The van der Waals surface area contributed by atoms with Crippen molar-refractivity contribution in [2.75, 3.05) is 11.9 Å². The number of hydrogen-bond acceptors (Lipinski definition) is 1. The van der Waals surface area contributed by atoms with Crippen LogP contribution in [0.25, 0.3) is 0 Å². The third-order valence-electron chi connectivity index (χ3n) is 1.31. The number of anilines is 1. The zero-order valence-corrected chi connectivity index (χ0v) is 6.27. The maximum Gasteiger partial charge on any atom is 0.149 e. The van der Waals surface area contributed by atoms with Gasteiger partial charge in [-0.25, -0.2) is 8.78 Å². The number of nitrogens with one attached hydrogen (secondary N) is 1. The van der Waals surface area contributed by atoms with Gasteiger partial charge in [-0.1, -0.05) is 5.92 Å². The molecule has 0 amide bonds. The van der Waals surface area contributed by atoms with Crippen molar-refractivity contribution < 1.29 is 8.78 Å². The Morgan fingerprint density at radius 3 is 2.75 bits per heavy atom. The van der Waals surface area contributed by atoms with Crippen LogP contribution >= 0.6 is 0 Å². The van der Waals surface area contributed by atoms with E-state index >= 15 is 0 Å². The monoisotopic (exact) mass is 167 g/mol. The highest BCUT2D eigenvalue weighted by Gasteiger charge is 2.00. The van der Waals surface area contributed by atoms with Crippen LogP contribution in [0, 0.1) is 24.0 Å².